The maximum absolute atomic E-state index is 12.9. The first kappa shape index (κ1) is 17.3. The zero-order chi connectivity index (χ0) is 18.1. The largest absolute Gasteiger partial charge is 0.378 e. The van der Waals surface area contributed by atoms with Crippen molar-refractivity contribution in [2.24, 2.45) is 0 Å². The number of halogens is 1. The summed E-state index contributed by atoms with van der Waals surface area (Å²) in [7, 11) is 0. The Morgan fingerprint density at radius 2 is 1.92 bits per heavy atom. The smallest absolute Gasteiger partial charge is 0.275 e. The second kappa shape index (κ2) is 7.25. The number of rotatable bonds is 4. The highest BCUT2D eigenvalue weighted by molar-refractivity contribution is 9.10. The SMILES string of the molecule is O=C(CCCn1c(=O)c2cccn2c2ccc(Br)cc21)N1CCOCC1. The molecule has 0 saturated carbocycles. The quantitative estimate of drug-likeness (QED) is 0.655. The van der Waals surface area contributed by atoms with E-state index >= 15 is 0 Å². The summed E-state index contributed by atoms with van der Waals surface area (Å²) < 4.78 is 9.91. The van der Waals surface area contributed by atoms with E-state index in [-0.39, 0.29) is 11.5 Å². The lowest BCUT2D eigenvalue weighted by molar-refractivity contribution is -0.135. The third kappa shape index (κ3) is 3.17. The van der Waals surface area contributed by atoms with E-state index in [0.717, 1.165) is 15.5 Å². The van der Waals surface area contributed by atoms with Crippen LogP contribution in [-0.2, 0) is 16.1 Å². The lowest BCUT2D eigenvalue weighted by Gasteiger charge is -2.26. The van der Waals surface area contributed by atoms with Gasteiger partial charge in [0.1, 0.15) is 5.52 Å². The van der Waals surface area contributed by atoms with Crippen LogP contribution in [0.2, 0.25) is 0 Å². The van der Waals surface area contributed by atoms with Gasteiger partial charge in [-0.05, 0) is 36.8 Å². The molecule has 1 aromatic carbocycles. The van der Waals surface area contributed by atoms with E-state index in [1.807, 2.05) is 45.8 Å². The molecule has 2 aromatic heterocycles. The molecule has 136 valence electrons. The minimum Gasteiger partial charge on any atom is -0.378 e. The minimum absolute atomic E-state index is 0.0283. The van der Waals surface area contributed by atoms with E-state index in [1.54, 1.807) is 4.57 Å². The van der Waals surface area contributed by atoms with Gasteiger partial charge in [-0.1, -0.05) is 15.9 Å². The van der Waals surface area contributed by atoms with Crippen LogP contribution in [0.5, 0.6) is 0 Å². The number of aryl methyl sites for hydroxylation is 1. The normalized spacial score (nSPS) is 15.0. The summed E-state index contributed by atoms with van der Waals surface area (Å²) in [4.78, 5) is 27.1. The molecule has 0 atom stereocenters. The maximum Gasteiger partial charge on any atom is 0.275 e. The molecule has 0 aliphatic carbocycles. The van der Waals surface area contributed by atoms with Crippen molar-refractivity contribution < 1.29 is 9.53 Å². The van der Waals surface area contributed by atoms with Crippen LogP contribution in [0, 0.1) is 0 Å². The highest BCUT2D eigenvalue weighted by Crippen LogP contribution is 2.20. The van der Waals surface area contributed by atoms with Gasteiger partial charge in [0.25, 0.3) is 5.56 Å². The predicted octanol–water partition coefficient (Wildman–Crippen LogP) is 2.66. The Hall–Kier alpha value is -2.12. The maximum atomic E-state index is 12.9. The van der Waals surface area contributed by atoms with E-state index < -0.39 is 0 Å². The van der Waals surface area contributed by atoms with Crippen LogP contribution in [0.15, 0.2) is 45.8 Å². The second-order valence-corrected chi connectivity index (χ2v) is 7.37. The summed E-state index contributed by atoms with van der Waals surface area (Å²) in [5.74, 6) is 0.135. The molecule has 0 spiro atoms. The topological polar surface area (TPSA) is 56.0 Å². The molecule has 0 unspecified atom stereocenters. The van der Waals surface area contributed by atoms with Crippen molar-refractivity contribution in [3.8, 4) is 0 Å². The molecule has 1 fully saturated rings. The van der Waals surface area contributed by atoms with Crippen molar-refractivity contribution in [3.05, 3.63) is 51.4 Å². The Morgan fingerprint density at radius 1 is 1.12 bits per heavy atom. The summed E-state index contributed by atoms with van der Waals surface area (Å²) in [6, 6.07) is 9.64. The van der Waals surface area contributed by atoms with Gasteiger partial charge in [0.05, 0.1) is 24.2 Å². The van der Waals surface area contributed by atoms with E-state index in [1.165, 1.54) is 0 Å². The van der Waals surface area contributed by atoms with Crippen LogP contribution >= 0.6 is 15.9 Å². The van der Waals surface area contributed by atoms with Gasteiger partial charge in [0.15, 0.2) is 0 Å². The van der Waals surface area contributed by atoms with Gasteiger partial charge < -0.3 is 18.6 Å². The lowest BCUT2D eigenvalue weighted by Crippen LogP contribution is -2.40. The molecule has 1 saturated heterocycles. The van der Waals surface area contributed by atoms with E-state index in [9.17, 15) is 9.59 Å². The zero-order valence-electron chi connectivity index (χ0n) is 14.4. The highest BCUT2D eigenvalue weighted by Gasteiger charge is 2.17. The van der Waals surface area contributed by atoms with Gasteiger partial charge in [-0.25, -0.2) is 0 Å². The molecule has 3 aromatic rings. The van der Waals surface area contributed by atoms with Crippen LogP contribution < -0.4 is 5.56 Å². The Bertz CT molecular complexity index is 1020. The second-order valence-electron chi connectivity index (χ2n) is 6.45. The summed E-state index contributed by atoms with van der Waals surface area (Å²) in [5, 5.41) is 0. The van der Waals surface area contributed by atoms with Crippen molar-refractivity contribution in [1.82, 2.24) is 13.9 Å². The average molecular weight is 418 g/mol. The lowest BCUT2D eigenvalue weighted by atomic mass is 10.2. The number of fused-ring (bicyclic) bond motifs is 3. The number of benzene rings is 1. The van der Waals surface area contributed by atoms with Crippen molar-refractivity contribution in [2.45, 2.75) is 19.4 Å². The number of carbonyl (C=O) groups is 1. The van der Waals surface area contributed by atoms with Gasteiger partial charge in [0, 0.05) is 36.7 Å². The van der Waals surface area contributed by atoms with E-state index in [2.05, 4.69) is 15.9 Å². The highest BCUT2D eigenvalue weighted by atomic mass is 79.9. The van der Waals surface area contributed by atoms with Gasteiger partial charge >= 0.3 is 0 Å². The first-order valence-corrected chi connectivity index (χ1v) is 9.59. The molecule has 1 aliphatic rings. The predicted molar refractivity (Wildman–Crippen MR) is 103 cm³/mol. The number of carbonyl (C=O) groups excluding carboxylic acids is 1. The molecule has 7 heteroatoms. The molecular weight excluding hydrogens is 398 g/mol. The molecule has 0 N–H and O–H groups in total. The van der Waals surface area contributed by atoms with Crippen LogP contribution in [0.4, 0.5) is 0 Å². The van der Waals surface area contributed by atoms with E-state index in [4.69, 9.17) is 4.74 Å². The standard InChI is InChI=1S/C19H20BrN3O3/c20-14-5-6-15-17(13-14)23(19(25)16-3-1-7-22(15)16)8-2-4-18(24)21-9-11-26-12-10-21/h1,3,5-7,13H,2,4,8-12H2. The third-order valence-corrected chi connectivity index (χ3v) is 5.33. The van der Waals surface area contributed by atoms with Gasteiger partial charge in [0.2, 0.25) is 5.91 Å². The third-order valence-electron chi connectivity index (χ3n) is 4.84. The number of morpholine rings is 1. The summed E-state index contributed by atoms with van der Waals surface area (Å²) in [6.45, 7) is 3.04. The van der Waals surface area contributed by atoms with Gasteiger partial charge in [-0.3, -0.25) is 9.59 Å². The Balaban J connectivity index is 1.60. The Morgan fingerprint density at radius 3 is 2.73 bits per heavy atom. The Labute approximate surface area is 159 Å². The molecule has 0 bridgehead atoms. The number of amides is 1. The first-order chi connectivity index (χ1) is 12.6. The number of hydrogen-bond acceptors (Lipinski definition) is 3. The monoisotopic (exact) mass is 417 g/mol. The fourth-order valence-electron chi connectivity index (χ4n) is 3.51. The molecule has 3 heterocycles. The molecule has 0 radical (unpaired) electrons. The van der Waals surface area contributed by atoms with Crippen LogP contribution in [0.25, 0.3) is 16.6 Å². The van der Waals surface area contributed by atoms with Crippen LogP contribution in [0.3, 0.4) is 0 Å². The molecule has 1 aliphatic heterocycles. The zero-order valence-corrected chi connectivity index (χ0v) is 15.9. The number of aromatic nitrogens is 2. The van der Waals surface area contributed by atoms with Crippen molar-refractivity contribution in [3.63, 3.8) is 0 Å². The molecule has 4 rings (SSSR count). The number of hydrogen-bond donors (Lipinski definition) is 0. The molecule has 6 nitrogen and oxygen atoms in total. The van der Waals surface area contributed by atoms with Gasteiger partial charge in [-0.15, -0.1) is 0 Å². The number of nitrogens with zero attached hydrogens (tertiary/aromatic N) is 3. The summed E-state index contributed by atoms with van der Waals surface area (Å²) in [6.07, 6.45) is 2.97. The minimum atomic E-state index is -0.0283. The number of ether oxygens (including phenoxy) is 1. The fourth-order valence-corrected chi connectivity index (χ4v) is 3.86. The van der Waals surface area contributed by atoms with Crippen molar-refractivity contribution in [2.75, 3.05) is 26.3 Å². The first-order valence-electron chi connectivity index (χ1n) is 8.80. The average Bonchev–Trinajstić information content (AvgIpc) is 3.15. The van der Waals surface area contributed by atoms with Crippen molar-refractivity contribution in [1.29, 1.82) is 0 Å². The van der Waals surface area contributed by atoms with Crippen LogP contribution in [0.1, 0.15) is 12.8 Å². The summed E-state index contributed by atoms with van der Waals surface area (Å²) in [5.41, 5.74) is 2.47. The molecular formula is C19H20BrN3O3. The van der Waals surface area contributed by atoms with Gasteiger partial charge in [-0.2, -0.15) is 0 Å². The Kier molecular flexibility index (Phi) is 4.82. The van der Waals surface area contributed by atoms with E-state index in [0.29, 0.717) is 51.2 Å². The fraction of sp³-hybridized carbons (Fsp3) is 0.368. The molecule has 26 heavy (non-hydrogen) atoms. The summed E-state index contributed by atoms with van der Waals surface area (Å²) >= 11 is 3.49. The molecule has 1 amide bonds. The van der Waals surface area contributed by atoms with Crippen molar-refractivity contribution >= 4 is 38.4 Å². The van der Waals surface area contributed by atoms with Crippen LogP contribution in [-0.4, -0.2) is 46.1 Å².